The molecule has 8 heteroatoms. The molecular weight excluding hydrogens is 432 g/mol. The summed E-state index contributed by atoms with van der Waals surface area (Å²) in [6.45, 7) is 3.53. The third kappa shape index (κ3) is 3.50. The van der Waals surface area contributed by atoms with Gasteiger partial charge in [0.1, 0.15) is 16.0 Å². The fourth-order valence-electron chi connectivity index (χ4n) is 4.49. The molecule has 1 fully saturated rings. The molecule has 160 valence electrons. The average molecular weight is 455 g/mol. The Bertz CT molecular complexity index is 1390. The molecule has 5 rings (SSSR count). The lowest BCUT2D eigenvalue weighted by Crippen LogP contribution is -2.34. The highest BCUT2D eigenvalue weighted by molar-refractivity contribution is 7.24. The van der Waals surface area contributed by atoms with E-state index in [1.54, 1.807) is 12.1 Å². The van der Waals surface area contributed by atoms with Gasteiger partial charge < -0.3 is 10.2 Å². The number of aryl methyl sites for hydroxylation is 1. The van der Waals surface area contributed by atoms with Gasteiger partial charge in [-0.1, -0.05) is 11.6 Å². The third-order valence-corrected chi connectivity index (χ3v) is 7.53. The lowest BCUT2D eigenvalue weighted by Gasteiger charge is -2.19. The molecule has 1 aliphatic rings. The van der Waals surface area contributed by atoms with Gasteiger partial charge in [0.25, 0.3) is 5.91 Å². The van der Waals surface area contributed by atoms with Gasteiger partial charge in [-0.15, -0.1) is 11.3 Å². The van der Waals surface area contributed by atoms with Gasteiger partial charge in [0.05, 0.1) is 15.6 Å². The van der Waals surface area contributed by atoms with Gasteiger partial charge in [-0.3, -0.25) is 14.0 Å². The van der Waals surface area contributed by atoms with E-state index < -0.39 is 0 Å². The summed E-state index contributed by atoms with van der Waals surface area (Å²) in [7, 11) is 2.12. The van der Waals surface area contributed by atoms with Crippen LogP contribution in [-0.2, 0) is 0 Å². The summed E-state index contributed by atoms with van der Waals surface area (Å²) in [5.41, 5.74) is 2.10. The highest BCUT2D eigenvalue weighted by atomic mass is 35.5. The van der Waals surface area contributed by atoms with E-state index in [4.69, 9.17) is 11.6 Å². The minimum atomic E-state index is -0.330. The van der Waals surface area contributed by atoms with Gasteiger partial charge in [0.15, 0.2) is 0 Å². The Kier molecular flexibility index (Phi) is 5.20. The summed E-state index contributed by atoms with van der Waals surface area (Å²) in [4.78, 5) is 34.1. The van der Waals surface area contributed by atoms with Crippen LogP contribution in [0.1, 0.15) is 35.3 Å². The van der Waals surface area contributed by atoms with Gasteiger partial charge in [0, 0.05) is 23.3 Å². The van der Waals surface area contributed by atoms with Crippen LogP contribution in [0.3, 0.4) is 0 Å². The molecule has 31 heavy (non-hydrogen) atoms. The monoisotopic (exact) mass is 454 g/mol. The fraction of sp³-hybridized carbons (Fsp3) is 0.348. The van der Waals surface area contributed by atoms with Crippen LogP contribution in [0.4, 0.5) is 0 Å². The number of nitrogens with one attached hydrogen (secondary N) is 1. The van der Waals surface area contributed by atoms with Gasteiger partial charge in [-0.05, 0) is 70.1 Å². The summed E-state index contributed by atoms with van der Waals surface area (Å²) in [6, 6.07) is 9.62. The van der Waals surface area contributed by atoms with Crippen molar-refractivity contribution in [2.45, 2.75) is 32.2 Å². The fourth-order valence-corrected chi connectivity index (χ4v) is 5.82. The largest absolute Gasteiger partial charge is 0.352 e. The Morgan fingerprint density at radius 1 is 1.32 bits per heavy atom. The molecule has 4 heterocycles. The van der Waals surface area contributed by atoms with E-state index in [0.29, 0.717) is 33.5 Å². The van der Waals surface area contributed by atoms with Crippen molar-refractivity contribution in [2.24, 2.45) is 0 Å². The number of thiazole rings is 1. The molecule has 1 aliphatic heterocycles. The van der Waals surface area contributed by atoms with Crippen molar-refractivity contribution in [2.75, 3.05) is 20.1 Å². The molecule has 1 amide bonds. The standard InChI is InChI=1S/C23H23ClN4O2S/c1-13-5-7-16-20(29)19(22(30)25-10-9-15-4-3-11-27(15)2)23-28(21(16)26-13)17-12-14(24)6-8-18(17)31-23/h5-8,12,15H,3-4,9-11H2,1-2H3,(H,25,30). The number of benzene rings is 1. The zero-order valence-corrected chi connectivity index (χ0v) is 19.0. The SMILES string of the molecule is Cc1ccc2c(=O)c(C(=O)NCCC3CCCN3C)c3sc4ccc(Cl)cc4n3c2n1. The lowest BCUT2D eigenvalue weighted by molar-refractivity contribution is 0.0951. The zero-order valence-electron chi connectivity index (χ0n) is 17.4. The van der Waals surface area contributed by atoms with Crippen molar-refractivity contribution in [1.82, 2.24) is 19.6 Å². The quantitative estimate of drug-likeness (QED) is 0.501. The molecule has 6 nitrogen and oxygen atoms in total. The van der Waals surface area contributed by atoms with Crippen molar-refractivity contribution < 1.29 is 4.79 Å². The highest BCUT2D eigenvalue weighted by Crippen LogP contribution is 2.32. The van der Waals surface area contributed by atoms with E-state index in [1.807, 2.05) is 29.5 Å². The second-order valence-electron chi connectivity index (χ2n) is 8.20. The average Bonchev–Trinajstić information content (AvgIpc) is 3.31. The predicted octanol–water partition coefficient (Wildman–Crippen LogP) is 4.24. The van der Waals surface area contributed by atoms with Crippen molar-refractivity contribution in [3.63, 3.8) is 0 Å². The number of carbonyl (C=O) groups excluding carboxylic acids is 1. The van der Waals surface area contributed by atoms with Crippen molar-refractivity contribution in [3.05, 3.63) is 56.8 Å². The van der Waals surface area contributed by atoms with Crippen LogP contribution in [-0.4, -0.2) is 46.4 Å². The van der Waals surface area contributed by atoms with E-state index in [-0.39, 0.29) is 16.9 Å². The molecule has 4 aromatic rings. The Morgan fingerprint density at radius 3 is 2.94 bits per heavy atom. The topological polar surface area (TPSA) is 66.7 Å². The van der Waals surface area contributed by atoms with Gasteiger partial charge in [0.2, 0.25) is 5.43 Å². The molecular formula is C23H23ClN4O2S. The zero-order chi connectivity index (χ0) is 21.7. The first-order valence-electron chi connectivity index (χ1n) is 10.5. The van der Waals surface area contributed by atoms with Crippen molar-refractivity contribution in [3.8, 4) is 0 Å². The number of pyridine rings is 2. The normalized spacial score (nSPS) is 17.2. The summed E-state index contributed by atoms with van der Waals surface area (Å²) in [5.74, 6) is -0.330. The van der Waals surface area contributed by atoms with Crippen LogP contribution in [0.2, 0.25) is 5.02 Å². The number of likely N-dealkylation sites (tertiary alicyclic amines) is 1. The van der Waals surface area contributed by atoms with Gasteiger partial charge >= 0.3 is 0 Å². The number of aromatic nitrogens is 2. The molecule has 0 aliphatic carbocycles. The first-order chi connectivity index (χ1) is 14.9. The van der Waals surface area contributed by atoms with Crippen LogP contribution in [0, 0.1) is 6.92 Å². The summed E-state index contributed by atoms with van der Waals surface area (Å²) in [5, 5.41) is 4.02. The van der Waals surface area contributed by atoms with Crippen LogP contribution in [0.15, 0.2) is 35.1 Å². The van der Waals surface area contributed by atoms with Gasteiger partial charge in [-0.2, -0.15) is 0 Å². The smallest absolute Gasteiger partial charge is 0.258 e. The predicted molar refractivity (Wildman–Crippen MR) is 127 cm³/mol. The second-order valence-corrected chi connectivity index (χ2v) is 9.67. The molecule has 3 aromatic heterocycles. The minimum Gasteiger partial charge on any atom is -0.352 e. The van der Waals surface area contributed by atoms with Crippen LogP contribution < -0.4 is 10.7 Å². The molecule has 1 unspecified atom stereocenters. The van der Waals surface area contributed by atoms with E-state index in [1.165, 1.54) is 17.8 Å². The number of amides is 1. The maximum absolute atomic E-state index is 13.4. The molecule has 0 radical (unpaired) electrons. The Morgan fingerprint density at radius 2 is 2.16 bits per heavy atom. The van der Waals surface area contributed by atoms with Crippen molar-refractivity contribution in [1.29, 1.82) is 0 Å². The molecule has 0 bridgehead atoms. The summed E-state index contributed by atoms with van der Waals surface area (Å²) in [6.07, 6.45) is 3.22. The van der Waals surface area contributed by atoms with Crippen LogP contribution in [0.25, 0.3) is 26.1 Å². The lowest BCUT2D eigenvalue weighted by atomic mass is 10.1. The van der Waals surface area contributed by atoms with E-state index >= 15 is 0 Å². The second kappa shape index (κ2) is 7.89. The summed E-state index contributed by atoms with van der Waals surface area (Å²) >= 11 is 7.68. The van der Waals surface area contributed by atoms with Crippen molar-refractivity contribution >= 4 is 54.9 Å². The molecule has 0 spiro atoms. The van der Waals surface area contributed by atoms with Crippen LogP contribution in [0.5, 0.6) is 0 Å². The number of fused-ring (bicyclic) bond motifs is 5. The maximum atomic E-state index is 13.4. The first-order valence-corrected chi connectivity index (χ1v) is 11.7. The first kappa shape index (κ1) is 20.4. The number of halogens is 1. The van der Waals surface area contributed by atoms with E-state index in [2.05, 4.69) is 22.2 Å². The minimum absolute atomic E-state index is 0.176. The molecule has 1 atom stereocenters. The maximum Gasteiger partial charge on any atom is 0.258 e. The number of nitrogens with zero attached hydrogens (tertiary/aromatic N) is 3. The highest BCUT2D eigenvalue weighted by Gasteiger charge is 2.24. The Balaban J connectivity index is 1.63. The van der Waals surface area contributed by atoms with Gasteiger partial charge in [-0.25, -0.2) is 4.98 Å². The van der Waals surface area contributed by atoms with Crippen LogP contribution >= 0.6 is 22.9 Å². The molecule has 1 N–H and O–H groups in total. The number of rotatable bonds is 4. The third-order valence-electron chi connectivity index (χ3n) is 6.15. The molecule has 0 saturated carbocycles. The molecule has 1 saturated heterocycles. The Hall–Kier alpha value is -2.48. The van der Waals surface area contributed by atoms with E-state index in [0.717, 1.165) is 35.3 Å². The van der Waals surface area contributed by atoms with E-state index in [9.17, 15) is 9.59 Å². The Labute approximate surface area is 188 Å². The number of carbonyl (C=O) groups is 1. The number of hydrogen-bond donors (Lipinski definition) is 1. The number of hydrogen-bond acceptors (Lipinski definition) is 5. The summed E-state index contributed by atoms with van der Waals surface area (Å²) < 4.78 is 2.84. The molecule has 1 aromatic carbocycles.